The Hall–Kier alpha value is -1.58. The summed E-state index contributed by atoms with van der Waals surface area (Å²) >= 11 is 6.23. The number of hydrogen-bond acceptors (Lipinski definition) is 3. The monoisotopic (exact) mass is 276 g/mol. The summed E-state index contributed by atoms with van der Waals surface area (Å²) in [7, 11) is 1.98. The molecular weight excluding hydrogens is 260 g/mol. The molecule has 3 nitrogen and oxygen atoms in total. The Kier molecular flexibility index (Phi) is 4.40. The molecule has 1 aromatic heterocycles. The molecule has 1 atom stereocenters. The highest BCUT2D eigenvalue weighted by Gasteiger charge is 2.17. The van der Waals surface area contributed by atoms with Crippen LogP contribution in [0.25, 0.3) is 0 Å². The van der Waals surface area contributed by atoms with Crippen LogP contribution in [0, 0.1) is 0 Å². The molecule has 4 heteroatoms. The van der Waals surface area contributed by atoms with Gasteiger partial charge in [0.15, 0.2) is 0 Å². The number of anilines is 1. The van der Waals surface area contributed by atoms with Crippen LogP contribution in [-0.2, 0) is 6.61 Å². The second-order valence-corrected chi connectivity index (χ2v) is 4.88. The van der Waals surface area contributed by atoms with Crippen molar-refractivity contribution in [3.05, 3.63) is 58.9 Å². The van der Waals surface area contributed by atoms with Gasteiger partial charge in [-0.25, -0.2) is 0 Å². The molecule has 0 fully saturated rings. The Labute approximate surface area is 118 Å². The van der Waals surface area contributed by atoms with Crippen LogP contribution in [0.15, 0.2) is 42.7 Å². The van der Waals surface area contributed by atoms with Crippen molar-refractivity contribution in [3.8, 4) is 0 Å². The molecule has 19 heavy (non-hydrogen) atoms. The molecule has 0 saturated heterocycles. The van der Waals surface area contributed by atoms with E-state index in [1.54, 1.807) is 12.4 Å². The second-order valence-electron chi connectivity index (χ2n) is 4.47. The predicted molar refractivity (Wildman–Crippen MR) is 78.4 cm³/mol. The summed E-state index contributed by atoms with van der Waals surface area (Å²) in [4.78, 5) is 6.20. The van der Waals surface area contributed by atoms with Gasteiger partial charge in [0.2, 0.25) is 0 Å². The van der Waals surface area contributed by atoms with Crippen molar-refractivity contribution in [1.82, 2.24) is 4.98 Å². The average Bonchev–Trinajstić information content (AvgIpc) is 2.46. The summed E-state index contributed by atoms with van der Waals surface area (Å²) in [6, 6.07) is 9.72. The smallest absolute Gasteiger partial charge is 0.0703 e. The first kappa shape index (κ1) is 13.8. The molecule has 0 aliphatic carbocycles. The van der Waals surface area contributed by atoms with Crippen LogP contribution >= 0.6 is 11.6 Å². The Balaban J connectivity index is 2.34. The van der Waals surface area contributed by atoms with E-state index in [0.717, 1.165) is 21.8 Å². The first-order valence-electron chi connectivity index (χ1n) is 6.16. The lowest BCUT2D eigenvalue weighted by Gasteiger charge is -2.29. The molecule has 0 spiro atoms. The van der Waals surface area contributed by atoms with Gasteiger partial charge in [-0.2, -0.15) is 0 Å². The van der Waals surface area contributed by atoms with Crippen LogP contribution in [0.2, 0.25) is 5.02 Å². The maximum absolute atomic E-state index is 9.39. The maximum atomic E-state index is 9.39. The van der Waals surface area contributed by atoms with Crippen LogP contribution in [0.4, 0.5) is 5.69 Å². The van der Waals surface area contributed by atoms with E-state index in [1.807, 2.05) is 37.4 Å². The first-order valence-corrected chi connectivity index (χ1v) is 6.54. The number of rotatable bonds is 4. The quantitative estimate of drug-likeness (QED) is 0.929. The van der Waals surface area contributed by atoms with Gasteiger partial charge < -0.3 is 10.0 Å². The summed E-state index contributed by atoms with van der Waals surface area (Å²) in [5, 5.41) is 10.1. The number of hydrogen-bond donors (Lipinski definition) is 1. The zero-order valence-electron chi connectivity index (χ0n) is 11.0. The van der Waals surface area contributed by atoms with E-state index in [9.17, 15) is 5.11 Å². The molecule has 1 aromatic carbocycles. The molecule has 1 N–H and O–H groups in total. The van der Waals surface area contributed by atoms with Gasteiger partial charge in [0, 0.05) is 23.8 Å². The highest BCUT2D eigenvalue weighted by molar-refractivity contribution is 6.31. The van der Waals surface area contributed by atoms with Crippen molar-refractivity contribution < 1.29 is 5.11 Å². The Morgan fingerprint density at radius 1 is 1.32 bits per heavy atom. The molecule has 0 amide bonds. The van der Waals surface area contributed by atoms with E-state index >= 15 is 0 Å². The van der Waals surface area contributed by atoms with Crippen LogP contribution in [0.5, 0.6) is 0 Å². The Morgan fingerprint density at radius 3 is 2.74 bits per heavy atom. The fraction of sp³-hybridized carbons (Fsp3) is 0.267. The van der Waals surface area contributed by atoms with Crippen molar-refractivity contribution >= 4 is 17.3 Å². The maximum Gasteiger partial charge on any atom is 0.0703 e. The largest absolute Gasteiger partial charge is 0.392 e. The van der Waals surface area contributed by atoms with E-state index in [4.69, 9.17) is 11.6 Å². The van der Waals surface area contributed by atoms with Gasteiger partial charge >= 0.3 is 0 Å². The number of pyridine rings is 1. The van der Waals surface area contributed by atoms with Gasteiger partial charge in [-0.05, 0) is 24.6 Å². The van der Waals surface area contributed by atoms with Crippen LogP contribution in [-0.4, -0.2) is 17.1 Å². The molecule has 100 valence electrons. The topological polar surface area (TPSA) is 36.4 Å². The standard InChI is InChI=1S/C15H17ClN2O/c1-11(13-5-3-4-6-14(13)16)18(2)15-9-17-8-7-12(15)10-19/h3-9,11,19H,10H2,1-2H3. The SMILES string of the molecule is CC(c1ccccc1Cl)N(C)c1cnccc1CO. The molecule has 0 saturated carbocycles. The van der Waals surface area contributed by atoms with Gasteiger partial charge in [-0.3, -0.25) is 4.98 Å². The van der Waals surface area contributed by atoms with Crippen molar-refractivity contribution in [2.75, 3.05) is 11.9 Å². The van der Waals surface area contributed by atoms with E-state index in [-0.39, 0.29) is 12.6 Å². The molecule has 0 aliphatic rings. The number of benzene rings is 1. The number of halogens is 1. The summed E-state index contributed by atoms with van der Waals surface area (Å²) in [6.45, 7) is 2.08. The third kappa shape index (κ3) is 2.88. The molecule has 1 unspecified atom stereocenters. The summed E-state index contributed by atoms with van der Waals surface area (Å²) < 4.78 is 0. The van der Waals surface area contributed by atoms with Crippen molar-refractivity contribution in [3.63, 3.8) is 0 Å². The number of aliphatic hydroxyl groups is 1. The summed E-state index contributed by atoms with van der Waals surface area (Å²) in [5.41, 5.74) is 2.83. The Morgan fingerprint density at radius 2 is 2.05 bits per heavy atom. The second kappa shape index (κ2) is 6.04. The molecular formula is C15H17ClN2O. The molecule has 2 rings (SSSR count). The van der Waals surface area contributed by atoms with Crippen molar-refractivity contribution in [2.45, 2.75) is 19.6 Å². The summed E-state index contributed by atoms with van der Waals surface area (Å²) in [6.07, 6.45) is 3.45. The number of aliphatic hydroxyl groups excluding tert-OH is 1. The number of nitrogens with zero attached hydrogens (tertiary/aromatic N) is 2. The fourth-order valence-corrected chi connectivity index (χ4v) is 2.39. The van der Waals surface area contributed by atoms with Crippen LogP contribution in [0.1, 0.15) is 24.1 Å². The van der Waals surface area contributed by atoms with Gasteiger partial charge in [0.25, 0.3) is 0 Å². The molecule has 1 heterocycles. The lowest BCUT2D eigenvalue weighted by atomic mass is 10.1. The highest BCUT2D eigenvalue weighted by atomic mass is 35.5. The van der Waals surface area contributed by atoms with Gasteiger partial charge in [0.1, 0.15) is 0 Å². The van der Waals surface area contributed by atoms with E-state index in [2.05, 4.69) is 16.8 Å². The van der Waals surface area contributed by atoms with E-state index < -0.39 is 0 Å². The minimum absolute atomic E-state index is 0.00254. The minimum atomic E-state index is -0.00254. The lowest BCUT2D eigenvalue weighted by molar-refractivity contribution is 0.282. The van der Waals surface area contributed by atoms with E-state index in [0.29, 0.717) is 0 Å². The highest BCUT2D eigenvalue weighted by Crippen LogP contribution is 2.31. The third-order valence-corrected chi connectivity index (χ3v) is 3.72. The van der Waals surface area contributed by atoms with Crippen LogP contribution in [0.3, 0.4) is 0 Å². The molecule has 0 radical (unpaired) electrons. The van der Waals surface area contributed by atoms with E-state index in [1.165, 1.54) is 0 Å². The average molecular weight is 277 g/mol. The lowest BCUT2D eigenvalue weighted by Crippen LogP contribution is -2.23. The molecule has 0 aliphatic heterocycles. The van der Waals surface area contributed by atoms with Gasteiger partial charge in [-0.15, -0.1) is 0 Å². The van der Waals surface area contributed by atoms with Gasteiger partial charge in [-0.1, -0.05) is 29.8 Å². The zero-order valence-corrected chi connectivity index (χ0v) is 11.8. The summed E-state index contributed by atoms with van der Waals surface area (Å²) in [5.74, 6) is 0. The zero-order chi connectivity index (χ0) is 13.8. The third-order valence-electron chi connectivity index (χ3n) is 3.37. The first-order chi connectivity index (χ1) is 9.15. The van der Waals surface area contributed by atoms with Crippen molar-refractivity contribution in [2.24, 2.45) is 0 Å². The predicted octanol–water partition coefficient (Wildman–Crippen LogP) is 3.42. The molecule has 2 aromatic rings. The number of aromatic nitrogens is 1. The van der Waals surface area contributed by atoms with Crippen LogP contribution < -0.4 is 4.90 Å². The fourth-order valence-electron chi connectivity index (χ4n) is 2.10. The normalized spacial score (nSPS) is 12.2. The van der Waals surface area contributed by atoms with Crippen molar-refractivity contribution in [1.29, 1.82) is 0 Å². The molecule has 0 bridgehead atoms. The minimum Gasteiger partial charge on any atom is -0.392 e. The van der Waals surface area contributed by atoms with Gasteiger partial charge in [0.05, 0.1) is 24.5 Å². The Bertz CT molecular complexity index is 559.